The molecule has 1 N–H and O–H groups in total. The van der Waals surface area contributed by atoms with Gasteiger partial charge in [-0.2, -0.15) is 5.10 Å². The molecule has 0 amide bonds. The highest BCUT2D eigenvalue weighted by Crippen LogP contribution is 2.31. The van der Waals surface area contributed by atoms with E-state index in [9.17, 15) is 0 Å². The molecule has 0 aliphatic carbocycles. The molecule has 6 nitrogen and oxygen atoms in total. The Labute approximate surface area is 207 Å². The molecule has 6 aromatic rings. The van der Waals surface area contributed by atoms with Gasteiger partial charge < -0.3 is 5.32 Å². The largest absolute Gasteiger partial charge is 0.340 e. The first-order valence-electron chi connectivity index (χ1n) is 11.3. The van der Waals surface area contributed by atoms with Crippen LogP contribution in [0.3, 0.4) is 0 Å². The van der Waals surface area contributed by atoms with Gasteiger partial charge >= 0.3 is 0 Å². The number of rotatable bonds is 5. The zero-order chi connectivity index (χ0) is 23.8. The number of nitrogens with zero attached hydrogens (tertiary/aromatic N) is 5. The van der Waals surface area contributed by atoms with E-state index in [1.807, 2.05) is 72.4 Å². The smallest absolute Gasteiger partial charge is 0.165 e. The number of aromatic nitrogens is 5. The first kappa shape index (κ1) is 21.2. The van der Waals surface area contributed by atoms with Crippen molar-refractivity contribution in [1.29, 1.82) is 0 Å². The summed E-state index contributed by atoms with van der Waals surface area (Å²) in [5.74, 6) is 0.776. The van der Waals surface area contributed by atoms with Crippen molar-refractivity contribution in [2.45, 2.75) is 13.8 Å². The van der Waals surface area contributed by atoms with Crippen LogP contribution in [-0.4, -0.2) is 24.7 Å². The van der Waals surface area contributed by atoms with Crippen molar-refractivity contribution in [3.8, 4) is 27.5 Å². The molecule has 4 heterocycles. The highest BCUT2D eigenvalue weighted by Gasteiger charge is 2.15. The molecule has 0 aliphatic rings. The molecule has 0 unspecified atom stereocenters. The summed E-state index contributed by atoms with van der Waals surface area (Å²) in [6.45, 7) is 4.13. The van der Waals surface area contributed by atoms with E-state index in [1.54, 1.807) is 17.5 Å². The number of benzene rings is 2. The number of thiazole rings is 1. The van der Waals surface area contributed by atoms with Crippen LogP contribution in [0.1, 0.15) is 11.3 Å². The molecule has 6 rings (SSSR count). The van der Waals surface area contributed by atoms with Gasteiger partial charge in [-0.25, -0.2) is 14.6 Å². The van der Waals surface area contributed by atoms with Gasteiger partial charge in [0.2, 0.25) is 0 Å². The Hall–Kier alpha value is -4.36. The fraction of sp³-hybridized carbons (Fsp3) is 0.0714. The summed E-state index contributed by atoms with van der Waals surface area (Å²) in [5.41, 5.74) is 7.89. The van der Waals surface area contributed by atoms with Crippen LogP contribution < -0.4 is 5.32 Å². The highest BCUT2D eigenvalue weighted by molar-refractivity contribution is 7.13. The summed E-state index contributed by atoms with van der Waals surface area (Å²) in [7, 11) is 0. The third-order valence-electron chi connectivity index (χ3n) is 5.85. The molecule has 4 aromatic heterocycles. The SMILES string of the molecule is Cc1cc(Nc2cccc(-c3csc(-c4cccnc4)n3)c2)nc2c1c(C)nn2-c1ccccc1. The first-order chi connectivity index (χ1) is 17.2. The highest BCUT2D eigenvalue weighted by atomic mass is 32.1. The van der Waals surface area contributed by atoms with Gasteiger partial charge in [0.1, 0.15) is 10.8 Å². The first-order valence-corrected chi connectivity index (χ1v) is 12.2. The summed E-state index contributed by atoms with van der Waals surface area (Å²) >= 11 is 1.62. The van der Waals surface area contributed by atoms with E-state index in [2.05, 4.69) is 40.8 Å². The van der Waals surface area contributed by atoms with Crippen LogP contribution in [0, 0.1) is 13.8 Å². The number of hydrogen-bond donors (Lipinski definition) is 1. The van der Waals surface area contributed by atoms with E-state index in [-0.39, 0.29) is 0 Å². The Balaban J connectivity index is 1.34. The lowest BCUT2D eigenvalue weighted by Gasteiger charge is -2.10. The molecule has 170 valence electrons. The average Bonchev–Trinajstić information content (AvgIpc) is 3.51. The zero-order valence-electron chi connectivity index (χ0n) is 19.3. The maximum Gasteiger partial charge on any atom is 0.165 e. The van der Waals surface area contributed by atoms with Gasteiger partial charge in [-0.15, -0.1) is 11.3 Å². The predicted molar refractivity (Wildman–Crippen MR) is 142 cm³/mol. The molecule has 0 spiro atoms. The summed E-state index contributed by atoms with van der Waals surface area (Å²) in [5, 5.41) is 12.4. The molecule has 0 atom stereocenters. The Bertz CT molecular complexity index is 1640. The quantitative estimate of drug-likeness (QED) is 0.292. The molecule has 0 aliphatic heterocycles. The van der Waals surface area contributed by atoms with Crippen molar-refractivity contribution in [2.75, 3.05) is 5.32 Å². The molecule has 35 heavy (non-hydrogen) atoms. The van der Waals surface area contributed by atoms with E-state index >= 15 is 0 Å². The second-order valence-electron chi connectivity index (χ2n) is 8.34. The standard InChI is InChI=1S/C28H22N6S/c1-18-14-25(32-27-26(18)19(2)33-34(27)23-11-4-3-5-12-23)30-22-10-6-8-20(15-22)24-17-35-28(31-24)21-9-7-13-29-16-21/h3-17H,1-2H3,(H,30,32). The van der Waals surface area contributed by atoms with E-state index in [0.29, 0.717) is 0 Å². The second kappa shape index (κ2) is 8.77. The molecule has 0 bridgehead atoms. The van der Waals surface area contributed by atoms with Crippen LogP contribution in [0.15, 0.2) is 90.6 Å². The van der Waals surface area contributed by atoms with E-state index in [4.69, 9.17) is 15.1 Å². The average molecular weight is 475 g/mol. The van der Waals surface area contributed by atoms with Crippen LogP contribution in [0.2, 0.25) is 0 Å². The number of anilines is 2. The van der Waals surface area contributed by atoms with Gasteiger partial charge in [-0.1, -0.05) is 30.3 Å². The molecule has 0 radical (unpaired) electrons. The minimum atomic E-state index is 0.776. The third kappa shape index (κ3) is 4.06. The molecule has 2 aromatic carbocycles. The van der Waals surface area contributed by atoms with Gasteiger partial charge in [0, 0.05) is 40.0 Å². The molecule has 0 saturated heterocycles. The Morgan fingerprint density at radius 3 is 2.54 bits per heavy atom. The number of hydrogen-bond acceptors (Lipinski definition) is 6. The summed E-state index contributed by atoms with van der Waals surface area (Å²) in [6, 6.07) is 24.4. The van der Waals surface area contributed by atoms with Crippen LogP contribution in [0.4, 0.5) is 11.5 Å². The van der Waals surface area contributed by atoms with Gasteiger partial charge in [0.25, 0.3) is 0 Å². The molecule has 0 fully saturated rings. The zero-order valence-corrected chi connectivity index (χ0v) is 20.1. The summed E-state index contributed by atoms with van der Waals surface area (Å²) < 4.78 is 1.91. The van der Waals surface area contributed by atoms with E-state index in [0.717, 1.165) is 61.3 Å². The maximum atomic E-state index is 4.94. The van der Waals surface area contributed by atoms with Gasteiger partial charge in [0.05, 0.1) is 17.1 Å². The van der Waals surface area contributed by atoms with Crippen molar-refractivity contribution >= 4 is 33.9 Å². The van der Waals surface area contributed by atoms with Gasteiger partial charge in [-0.3, -0.25) is 4.98 Å². The molecule has 0 saturated carbocycles. The van der Waals surface area contributed by atoms with Crippen LogP contribution in [-0.2, 0) is 0 Å². The van der Waals surface area contributed by atoms with E-state index in [1.165, 1.54) is 0 Å². The Morgan fingerprint density at radius 1 is 0.857 bits per heavy atom. The fourth-order valence-electron chi connectivity index (χ4n) is 4.25. The molecular formula is C28H22N6S. The van der Waals surface area contributed by atoms with Crippen LogP contribution in [0.25, 0.3) is 38.5 Å². The van der Waals surface area contributed by atoms with Crippen molar-refractivity contribution in [1.82, 2.24) is 24.7 Å². The van der Waals surface area contributed by atoms with Crippen LogP contribution >= 0.6 is 11.3 Å². The number of pyridine rings is 2. The maximum absolute atomic E-state index is 4.94. The number of nitrogens with one attached hydrogen (secondary N) is 1. The topological polar surface area (TPSA) is 68.5 Å². The molecule has 7 heteroatoms. The molecular weight excluding hydrogens is 452 g/mol. The third-order valence-corrected chi connectivity index (χ3v) is 6.75. The van der Waals surface area contributed by atoms with Gasteiger partial charge in [0.15, 0.2) is 5.65 Å². The minimum absolute atomic E-state index is 0.776. The van der Waals surface area contributed by atoms with Gasteiger partial charge in [-0.05, 0) is 61.9 Å². The normalized spacial score (nSPS) is 11.1. The fourth-order valence-corrected chi connectivity index (χ4v) is 5.07. The monoisotopic (exact) mass is 474 g/mol. The lowest BCUT2D eigenvalue weighted by molar-refractivity contribution is 0.878. The number of fused-ring (bicyclic) bond motifs is 1. The predicted octanol–water partition coefficient (Wildman–Crippen LogP) is 6.97. The second-order valence-corrected chi connectivity index (χ2v) is 9.20. The summed E-state index contributed by atoms with van der Waals surface area (Å²) in [6.07, 6.45) is 3.61. The van der Waals surface area contributed by atoms with Crippen molar-refractivity contribution in [2.24, 2.45) is 0 Å². The lowest BCUT2D eigenvalue weighted by atomic mass is 10.1. The Kier molecular flexibility index (Phi) is 5.31. The van der Waals surface area contributed by atoms with Crippen molar-refractivity contribution < 1.29 is 0 Å². The number of para-hydroxylation sites is 1. The van der Waals surface area contributed by atoms with E-state index < -0.39 is 0 Å². The van der Waals surface area contributed by atoms with Crippen LogP contribution in [0.5, 0.6) is 0 Å². The minimum Gasteiger partial charge on any atom is -0.340 e. The Morgan fingerprint density at radius 2 is 1.71 bits per heavy atom. The van der Waals surface area contributed by atoms with Crippen molar-refractivity contribution in [3.63, 3.8) is 0 Å². The lowest BCUT2D eigenvalue weighted by Crippen LogP contribution is -2.00. The number of aryl methyl sites for hydroxylation is 2. The van der Waals surface area contributed by atoms with Crippen molar-refractivity contribution in [3.05, 3.63) is 102 Å². The summed E-state index contributed by atoms with van der Waals surface area (Å²) in [4.78, 5) is 14.0.